The number of piperidine rings is 1. The van der Waals surface area contributed by atoms with Crippen molar-refractivity contribution in [2.75, 3.05) is 13.1 Å². The molecule has 0 unspecified atom stereocenters. The van der Waals surface area contributed by atoms with Gasteiger partial charge >= 0.3 is 0 Å². The molecule has 1 heterocycles. The van der Waals surface area contributed by atoms with Crippen LogP contribution < -0.4 is 5.32 Å². The predicted octanol–water partition coefficient (Wildman–Crippen LogP) is 4.00. The number of rotatable bonds is 6. The molecular formula is C20H22BrClN2O3S. The Bertz CT molecular complexity index is 917. The minimum atomic E-state index is -3.72. The zero-order valence-electron chi connectivity index (χ0n) is 15.3. The highest BCUT2D eigenvalue weighted by atomic mass is 79.9. The van der Waals surface area contributed by atoms with E-state index in [-0.39, 0.29) is 10.8 Å². The number of nitrogens with zero attached hydrogens (tertiary/aromatic N) is 1. The average molecular weight is 486 g/mol. The summed E-state index contributed by atoms with van der Waals surface area (Å²) in [7, 11) is -3.72. The van der Waals surface area contributed by atoms with Gasteiger partial charge in [-0.3, -0.25) is 4.79 Å². The Hall–Kier alpha value is -1.41. The molecule has 0 saturated carbocycles. The smallest absolute Gasteiger partial charge is 0.243 e. The number of amides is 1. The van der Waals surface area contributed by atoms with Gasteiger partial charge in [-0.1, -0.05) is 46.1 Å². The molecule has 1 fully saturated rings. The first-order chi connectivity index (χ1) is 13.4. The molecule has 0 aromatic heterocycles. The summed E-state index contributed by atoms with van der Waals surface area (Å²) >= 11 is 9.20. The molecule has 28 heavy (non-hydrogen) atoms. The molecule has 0 aliphatic carbocycles. The van der Waals surface area contributed by atoms with Gasteiger partial charge in [0, 0.05) is 22.6 Å². The summed E-state index contributed by atoms with van der Waals surface area (Å²) in [4.78, 5) is 12.9. The lowest BCUT2D eigenvalue weighted by Gasteiger charge is -2.33. The van der Waals surface area contributed by atoms with Gasteiger partial charge in [-0.05, 0) is 61.2 Å². The van der Waals surface area contributed by atoms with Crippen molar-refractivity contribution in [2.45, 2.75) is 36.6 Å². The summed E-state index contributed by atoms with van der Waals surface area (Å²) in [6, 6.07) is 13.3. The summed E-state index contributed by atoms with van der Waals surface area (Å²) in [5.74, 6) is -0.241. The molecule has 0 spiro atoms. The highest BCUT2D eigenvalue weighted by molar-refractivity contribution is 9.10. The molecule has 2 aromatic rings. The van der Waals surface area contributed by atoms with Crippen molar-refractivity contribution < 1.29 is 13.2 Å². The first-order valence-corrected chi connectivity index (χ1v) is 11.8. The SMILES string of the molecule is O=C(NCCc1ccc(Cl)cc1)[C@H]1CCCCN1S(=O)(=O)c1ccc(Br)cc1. The van der Waals surface area contributed by atoms with Crippen LogP contribution in [-0.4, -0.2) is 37.8 Å². The van der Waals surface area contributed by atoms with Gasteiger partial charge in [0.05, 0.1) is 4.90 Å². The quantitative estimate of drug-likeness (QED) is 0.672. The highest BCUT2D eigenvalue weighted by Crippen LogP contribution is 2.26. The number of carbonyl (C=O) groups excluding carboxylic acids is 1. The summed E-state index contributed by atoms with van der Waals surface area (Å²) in [5, 5.41) is 3.56. The van der Waals surface area contributed by atoms with E-state index in [4.69, 9.17) is 11.6 Å². The fourth-order valence-electron chi connectivity index (χ4n) is 3.30. The number of halogens is 2. The van der Waals surface area contributed by atoms with E-state index in [9.17, 15) is 13.2 Å². The second-order valence-electron chi connectivity index (χ2n) is 6.75. The molecule has 3 rings (SSSR count). The van der Waals surface area contributed by atoms with E-state index in [0.717, 1.165) is 22.9 Å². The van der Waals surface area contributed by atoms with E-state index in [0.29, 0.717) is 31.0 Å². The third-order valence-electron chi connectivity index (χ3n) is 4.80. The predicted molar refractivity (Wildman–Crippen MR) is 114 cm³/mol. The van der Waals surface area contributed by atoms with Crippen LogP contribution in [0.4, 0.5) is 0 Å². The normalized spacial score (nSPS) is 18.0. The van der Waals surface area contributed by atoms with Gasteiger partial charge in [0.1, 0.15) is 6.04 Å². The van der Waals surface area contributed by atoms with Crippen molar-refractivity contribution in [1.82, 2.24) is 9.62 Å². The van der Waals surface area contributed by atoms with Crippen LogP contribution in [0.3, 0.4) is 0 Å². The topological polar surface area (TPSA) is 66.5 Å². The van der Waals surface area contributed by atoms with Gasteiger partial charge < -0.3 is 5.32 Å². The first kappa shape index (κ1) is 21.3. The molecule has 2 aromatic carbocycles. The van der Waals surface area contributed by atoms with Crippen molar-refractivity contribution in [3.05, 3.63) is 63.6 Å². The Morgan fingerprint density at radius 3 is 2.46 bits per heavy atom. The van der Waals surface area contributed by atoms with Crippen molar-refractivity contribution in [3.63, 3.8) is 0 Å². The lowest BCUT2D eigenvalue weighted by Crippen LogP contribution is -2.52. The largest absolute Gasteiger partial charge is 0.354 e. The number of sulfonamides is 1. The van der Waals surface area contributed by atoms with Crippen LogP contribution in [-0.2, 0) is 21.2 Å². The van der Waals surface area contributed by atoms with Gasteiger partial charge in [-0.15, -0.1) is 0 Å². The van der Waals surface area contributed by atoms with E-state index in [2.05, 4.69) is 21.2 Å². The maximum absolute atomic E-state index is 13.1. The van der Waals surface area contributed by atoms with E-state index in [1.807, 2.05) is 24.3 Å². The van der Waals surface area contributed by atoms with Crippen LogP contribution >= 0.6 is 27.5 Å². The molecule has 5 nitrogen and oxygen atoms in total. The van der Waals surface area contributed by atoms with Crippen molar-refractivity contribution in [1.29, 1.82) is 0 Å². The minimum absolute atomic E-state index is 0.205. The van der Waals surface area contributed by atoms with Crippen LogP contribution in [0.1, 0.15) is 24.8 Å². The summed E-state index contributed by atoms with van der Waals surface area (Å²) in [5.41, 5.74) is 1.06. The maximum atomic E-state index is 13.1. The molecule has 1 saturated heterocycles. The van der Waals surface area contributed by atoms with Gasteiger partial charge in [0.25, 0.3) is 0 Å². The van der Waals surface area contributed by atoms with E-state index >= 15 is 0 Å². The summed E-state index contributed by atoms with van der Waals surface area (Å²) in [6.45, 7) is 0.802. The fourth-order valence-corrected chi connectivity index (χ4v) is 5.34. The molecule has 0 bridgehead atoms. The van der Waals surface area contributed by atoms with Gasteiger partial charge in [0.15, 0.2) is 0 Å². The lowest BCUT2D eigenvalue weighted by atomic mass is 10.0. The molecule has 150 valence electrons. The minimum Gasteiger partial charge on any atom is -0.354 e. The van der Waals surface area contributed by atoms with Gasteiger partial charge in [0.2, 0.25) is 15.9 Å². The molecule has 1 aliphatic rings. The second kappa shape index (κ2) is 9.39. The molecular weight excluding hydrogens is 464 g/mol. The van der Waals surface area contributed by atoms with Crippen LogP contribution in [0.5, 0.6) is 0 Å². The van der Waals surface area contributed by atoms with Crippen molar-refractivity contribution in [2.24, 2.45) is 0 Å². The molecule has 1 amide bonds. The Balaban J connectivity index is 1.67. The van der Waals surface area contributed by atoms with E-state index < -0.39 is 16.1 Å². The van der Waals surface area contributed by atoms with Crippen LogP contribution in [0, 0.1) is 0 Å². The Morgan fingerprint density at radius 1 is 1.11 bits per heavy atom. The molecule has 1 atom stereocenters. The monoisotopic (exact) mass is 484 g/mol. The first-order valence-electron chi connectivity index (χ1n) is 9.17. The Morgan fingerprint density at radius 2 is 1.79 bits per heavy atom. The molecule has 1 aliphatic heterocycles. The summed E-state index contributed by atoms with van der Waals surface area (Å²) < 4.78 is 28.3. The third-order valence-corrected chi connectivity index (χ3v) is 7.51. The Labute approximate surface area is 179 Å². The Kier molecular flexibility index (Phi) is 7.15. The molecule has 8 heteroatoms. The fraction of sp³-hybridized carbons (Fsp3) is 0.350. The van der Waals surface area contributed by atoms with Crippen molar-refractivity contribution in [3.8, 4) is 0 Å². The number of hydrogen-bond acceptors (Lipinski definition) is 3. The number of benzene rings is 2. The highest BCUT2D eigenvalue weighted by Gasteiger charge is 2.37. The second-order valence-corrected chi connectivity index (χ2v) is 9.99. The average Bonchev–Trinajstić information content (AvgIpc) is 2.70. The van der Waals surface area contributed by atoms with Crippen molar-refractivity contribution >= 4 is 43.5 Å². The zero-order valence-corrected chi connectivity index (χ0v) is 18.4. The van der Waals surface area contributed by atoms with E-state index in [1.165, 1.54) is 4.31 Å². The third kappa shape index (κ3) is 5.14. The van der Waals surface area contributed by atoms with Gasteiger partial charge in [-0.25, -0.2) is 8.42 Å². The van der Waals surface area contributed by atoms with Crippen LogP contribution in [0.2, 0.25) is 5.02 Å². The van der Waals surface area contributed by atoms with Gasteiger partial charge in [-0.2, -0.15) is 4.31 Å². The van der Waals surface area contributed by atoms with Crippen LogP contribution in [0.25, 0.3) is 0 Å². The number of hydrogen-bond donors (Lipinski definition) is 1. The summed E-state index contributed by atoms with van der Waals surface area (Å²) in [6.07, 6.45) is 2.78. The molecule has 0 radical (unpaired) electrons. The van der Waals surface area contributed by atoms with Crippen LogP contribution in [0.15, 0.2) is 57.9 Å². The maximum Gasteiger partial charge on any atom is 0.243 e. The standard InChI is InChI=1S/C20H22BrClN2O3S/c21-16-6-10-18(11-7-16)28(26,27)24-14-2-1-3-19(24)20(25)23-13-12-15-4-8-17(22)9-5-15/h4-11,19H,1-3,12-14H2,(H,23,25)/t19-/m1/s1. The molecule has 1 N–H and O–H groups in total. The number of nitrogens with one attached hydrogen (secondary N) is 1. The number of carbonyl (C=O) groups is 1. The lowest BCUT2D eigenvalue weighted by molar-refractivity contribution is -0.125. The van der Waals surface area contributed by atoms with E-state index in [1.54, 1.807) is 24.3 Å². The zero-order chi connectivity index (χ0) is 20.1.